The van der Waals surface area contributed by atoms with Gasteiger partial charge in [0.1, 0.15) is 6.29 Å². The average Bonchev–Trinajstić information content (AvgIpc) is 3.29. The Morgan fingerprint density at radius 3 is 2.44 bits per heavy atom. The van der Waals surface area contributed by atoms with Crippen LogP contribution in [0.4, 0.5) is 5.69 Å². The largest absolute Gasteiger partial charge is 0.324 e. The highest BCUT2D eigenvalue weighted by molar-refractivity contribution is 8.00. The van der Waals surface area contributed by atoms with E-state index < -0.39 is 0 Å². The van der Waals surface area contributed by atoms with Crippen molar-refractivity contribution in [3.05, 3.63) is 89.7 Å². The monoisotopic (exact) mass is 459 g/mol. The van der Waals surface area contributed by atoms with Crippen molar-refractivity contribution in [2.45, 2.75) is 18.4 Å². The van der Waals surface area contributed by atoms with Crippen LogP contribution in [0.3, 0.4) is 0 Å². The fraction of sp³-hybridized carbons (Fsp3) is 0.154. The number of pyridine rings is 1. The molecule has 0 aliphatic carbocycles. The van der Waals surface area contributed by atoms with Gasteiger partial charge in [0.25, 0.3) is 0 Å². The Morgan fingerprint density at radius 1 is 0.969 bits per heavy atom. The summed E-state index contributed by atoms with van der Waals surface area (Å²) < 4.78 is 3.39. The Morgan fingerprint density at radius 2 is 1.72 bits per heavy atom. The second-order valence-corrected chi connectivity index (χ2v) is 9.88. The number of nitrogens with zero attached hydrogens (tertiary/aromatic N) is 2. The molecule has 1 N–H and O–H groups in total. The second kappa shape index (κ2) is 10.1. The van der Waals surface area contributed by atoms with Crippen LogP contribution in [0.5, 0.6) is 0 Å². The Bertz CT molecular complexity index is 1220. The predicted molar refractivity (Wildman–Crippen MR) is 136 cm³/mol. The van der Waals surface area contributed by atoms with E-state index in [1.807, 2.05) is 38.6 Å². The number of nitrogens with one attached hydrogen (secondary N) is 1. The van der Waals surface area contributed by atoms with Gasteiger partial charge in [0.2, 0.25) is 0 Å². The Hall–Kier alpha value is -2.93. The zero-order chi connectivity index (χ0) is 22.5. The van der Waals surface area contributed by atoms with Crippen LogP contribution < -0.4 is 4.72 Å². The standard InChI is InChI=1S/C26H25N3OS2/c1-18-4-8-24(9-5-18)32-28-23-13-21(14-27-15-23)26-11-10-25(31-26)19-6-7-20(17-30)22(12-19)16-29(2)3/h4-15,17,28H,16H2,1-3H3. The first-order valence-corrected chi connectivity index (χ1v) is 11.9. The molecular weight excluding hydrogens is 434 g/mol. The maximum Gasteiger partial charge on any atom is 0.150 e. The van der Waals surface area contributed by atoms with Gasteiger partial charge >= 0.3 is 0 Å². The molecule has 0 fully saturated rings. The topological polar surface area (TPSA) is 45.2 Å². The number of carbonyl (C=O) groups excluding carboxylic acids is 1. The number of aryl methyl sites for hydroxylation is 1. The van der Waals surface area contributed by atoms with Crippen LogP contribution in [-0.2, 0) is 6.54 Å². The molecule has 0 amide bonds. The van der Waals surface area contributed by atoms with E-state index in [1.165, 1.54) is 10.4 Å². The van der Waals surface area contributed by atoms with Crippen molar-refractivity contribution in [3.63, 3.8) is 0 Å². The zero-order valence-electron chi connectivity index (χ0n) is 18.3. The second-order valence-electron chi connectivity index (χ2n) is 7.91. The summed E-state index contributed by atoms with van der Waals surface area (Å²) in [5, 5.41) is 0. The van der Waals surface area contributed by atoms with E-state index in [2.05, 4.69) is 70.1 Å². The number of benzene rings is 2. The van der Waals surface area contributed by atoms with Crippen LogP contribution in [-0.4, -0.2) is 30.3 Å². The lowest BCUT2D eigenvalue weighted by Gasteiger charge is -2.12. The first-order valence-electron chi connectivity index (χ1n) is 10.3. The van der Waals surface area contributed by atoms with Crippen molar-refractivity contribution >= 4 is 35.3 Å². The van der Waals surface area contributed by atoms with E-state index in [0.29, 0.717) is 0 Å². The molecule has 2 aromatic carbocycles. The zero-order valence-corrected chi connectivity index (χ0v) is 20.0. The molecule has 6 heteroatoms. The molecule has 0 unspecified atom stereocenters. The van der Waals surface area contributed by atoms with E-state index in [4.69, 9.17) is 0 Å². The van der Waals surface area contributed by atoms with Gasteiger partial charge in [0.05, 0.1) is 11.9 Å². The lowest BCUT2D eigenvalue weighted by atomic mass is 10.0. The number of hydrogen-bond donors (Lipinski definition) is 1. The molecule has 162 valence electrons. The van der Waals surface area contributed by atoms with E-state index in [-0.39, 0.29) is 0 Å². The highest BCUT2D eigenvalue weighted by Crippen LogP contribution is 2.36. The minimum atomic E-state index is 0.733. The van der Waals surface area contributed by atoms with Gasteiger partial charge in [-0.15, -0.1) is 11.3 Å². The Kier molecular flexibility index (Phi) is 7.05. The third-order valence-corrected chi connectivity index (χ3v) is 7.01. The number of carbonyl (C=O) groups is 1. The van der Waals surface area contributed by atoms with E-state index >= 15 is 0 Å². The van der Waals surface area contributed by atoms with Crippen molar-refractivity contribution in [1.82, 2.24) is 9.88 Å². The third-order valence-electron chi connectivity index (χ3n) is 4.98. The minimum Gasteiger partial charge on any atom is -0.324 e. The summed E-state index contributed by atoms with van der Waals surface area (Å²) in [4.78, 5) is 21.4. The van der Waals surface area contributed by atoms with Gasteiger partial charge in [-0.3, -0.25) is 9.78 Å². The van der Waals surface area contributed by atoms with Gasteiger partial charge in [-0.05, 0) is 80.5 Å². The number of anilines is 1. The van der Waals surface area contributed by atoms with Gasteiger partial charge in [-0.2, -0.15) is 0 Å². The number of aromatic nitrogens is 1. The smallest absolute Gasteiger partial charge is 0.150 e. The van der Waals surface area contributed by atoms with Gasteiger partial charge in [0, 0.05) is 38.5 Å². The first kappa shape index (κ1) is 22.3. The fourth-order valence-corrected chi connectivity index (χ4v) is 4.96. The van der Waals surface area contributed by atoms with Crippen LogP contribution in [0.25, 0.3) is 20.9 Å². The van der Waals surface area contributed by atoms with E-state index in [1.54, 1.807) is 23.3 Å². The van der Waals surface area contributed by atoms with E-state index in [0.717, 1.165) is 50.5 Å². The molecule has 0 atom stereocenters. The molecule has 2 heterocycles. The average molecular weight is 460 g/mol. The van der Waals surface area contributed by atoms with Crippen molar-refractivity contribution in [1.29, 1.82) is 0 Å². The van der Waals surface area contributed by atoms with Gasteiger partial charge in [0.15, 0.2) is 0 Å². The third kappa shape index (κ3) is 5.46. The number of hydrogen-bond acceptors (Lipinski definition) is 6. The van der Waals surface area contributed by atoms with E-state index in [9.17, 15) is 4.79 Å². The van der Waals surface area contributed by atoms with Crippen LogP contribution in [0.15, 0.2) is 78.0 Å². The van der Waals surface area contributed by atoms with Crippen LogP contribution >= 0.6 is 23.3 Å². The molecule has 4 rings (SSSR count). The molecule has 0 bridgehead atoms. The van der Waals surface area contributed by atoms with Crippen LogP contribution in [0.1, 0.15) is 21.5 Å². The molecule has 0 spiro atoms. The molecule has 0 aliphatic heterocycles. The molecule has 0 saturated heterocycles. The van der Waals surface area contributed by atoms with Crippen LogP contribution in [0, 0.1) is 6.92 Å². The number of rotatable bonds is 8. The van der Waals surface area contributed by atoms with Crippen molar-refractivity contribution < 1.29 is 4.79 Å². The maximum atomic E-state index is 11.4. The lowest BCUT2D eigenvalue weighted by Crippen LogP contribution is -2.12. The summed E-state index contributed by atoms with van der Waals surface area (Å²) in [5.41, 5.74) is 6.20. The molecule has 4 aromatic rings. The summed E-state index contributed by atoms with van der Waals surface area (Å²) in [6, 6.07) is 20.9. The summed E-state index contributed by atoms with van der Waals surface area (Å²) in [5.74, 6) is 0. The lowest BCUT2D eigenvalue weighted by molar-refractivity contribution is 0.112. The predicted octanol–water partition coefficient (Wildman–Crippen LogP) is 6.78. The SMILES string of the molecule is Cc1ccc(SNc2cncc(-c3ccc(-c4ccc(C=O)c(CN(C)C)c4)s3)c2)cc1. The minimum absolute atomic E-state index is 0.733. The summed E-state index contributed by atoms with van der Waals surface area (Å²) in [7, 11) is 4.02. The Balaban J connectivity index is 1.53. The van der Waals surface area contributed by atoms with Crippen LogP contribution in [0.2, 0.25) is 0 Å². The highest BCUT2D eigenvalue weighted by atomic mass is 32.2. The molecule has 0 radical (unpaired) electrons. The quantitative estimate of drug-likeness (QED) is 0.232. The van der Waals surface area contributed by atoms with Gasteiger partial charge < -0.3 is 9.62 Å². The normalized spacial score (nSPS) is 11.0. The van der Waals surface area contributed by atoms with Crippen molar-refractivity contribution in [2.75, 3.05) is 18.8 Å². The number of thiophene rings is 1. The van der Waals surface area contributed by atoms with Crippen molar-refractivity contribution in [3.8, 4) is 20.9 Å². The molecule has 4 nitrogen and oxygen atoms in total. The summed E-state index contributed by atoms with van der Waals surface area (Å²) >= 11 is 3.31. The fourth-order valence-electron chi connectivity index (χ4n) is 3.35. The molecule has 0 aliphatic rings. The summed E-state index contributed by atoms with van der Waals surface area (Å²) in [6.45, 7) is 2.82. The molecular formula is C26H25N3OS2. The van der Waals surface area contributed by atoms with Gasteiger partial charge in [-0.25, -0.2) is 0 Å². The molecule has 2 aromatic heterocycles. The summed E-state index contributed by atoms with van der Waals surface area (Å²) in [6.07, 6.45) is 4.66. The Labute approximate surface area is 197 Å². The molecule has 0 saturated carbocycles. The first-order chi connectivity index (χ1) is 15.5. The van der Waals surface area contributed by atoms with Crippen molar-refractivity contribution in [2.24, 2.45) is 0 Å². The maximum absolute atomic E-state index is 11.4. The number of aldehydes is 1. The highest BCUT2D eigenvalue weighted by Gasteiger charge is 2.10. The molecule has 32 heavy (non-hydrogen) atoms. The van der Waals surface area contributed by atoms with Gasteiger partial charge in [-0.1, -0.05) is 29.8 Å².